The van der Waals surface area contributed by atoms with Gasteiger partial charge in [0, 0.05) is 18.0 Å². The molecule has 0 aliphatic rings. The van der Waals surface area contributed by atoms with Gasteiger partial charge in [0.2, 0.25) is 12.3 Å². The van der Waals surface area contributed by atoms with Crippen LogP contribution < -0.4 is 10.1 Å². The largest absolute Gasteiger partial charge is 0.481 e. The Kier molecular flexibility index (Phi) is 6.20. The Hall–Kier alpha value is -3.15. The molecule has 3 rings (SSSR count). The summed E-state index contributed by atoms with van der Waals surface area (Å²) in [4.78, 5) is 12.4. The van der Waals surface area contributed by atoms with E-state index in [1.807, 2.05) is 30.3 Å². The summed E-state index contributed by atoms with van der Waals surface area (Å²) < 4.78 is 10.9. The van der Waals surface area contributed by atoms with Crippen LogP contribution in [-0.2, 0) is 4.79 Å². The first kappa shape index (κ1) is 18.6. The molecule has 0 aliphatic heterocycles. The molecule has 6 heteroatoms. The molecule has 0 bridgehead atoms. The van der Waals surface area contributed by atoms with E-state index in [2.05, 4.69) is 34.6 Å². The van der Waals surface area contributed by atoms with Gasteiger partial charge in [0.15, 0.2) is 6.10 Å². The van der Waals surface area contributed by atoms with E-state index in [-0.39, 0.29) is 11.8 Å². The highest BCUT2D eigenvalue weighted by Gasteiger charge is 2.17. The number of benzene rings is 2. The first-order chi connectivity index (χ1) is 13.2. The molecule has 1 aromatic heterocycles. The number of hydrogen-bond acceptors (Lipinski definition) is 5. The van der Waals surface area contributed by atoms with E-state index in [9.17, 15) is 4.79 Å². The van der Waals surface area contributed by atoms with Gasteiger partial charge in [-0.25, -0.2) is 0 Å². The van der Waals surface area contributed by atoms with Crippen molar-refractivity contribution in [3.8, 4) is 17.2 Å². The maximum atomic E-state index is 12.4. The van der Waals surface area contributed by atoms with Crippen LogP contribution in [0.25, 0.3) is 11.5 Å². The van der Waals surface area contributed by atoms with Gasteiger partial charge in [-0.15, -0.1) is 10.2 Å². The molecule has 140 valence electrons. The Labute approximate surface area is 158 Å². The molecule has 0 aliphatic carbocycles. The van der Waals surface area contributed by atoms with Crippen LogP contribution in [0.1, 0.15) is 31.7 Å². The van der Waals surface area contributed by atoms with Crippen molar-refractivity contribution < 1.29 is 13.9 Å². The molecular formula is C21H23N3O3. The summed E-state index contributed by atoms with van der Waals surface area (Å²) in [6, 6.07) is 17.4. The highest BCUT2D eigenvalue weighted by Crippen LogP contribution is 2.21. The molecule has 1 heterocycles. The van der Waals surface area contributed by atoms with Crippen molar-refractivity contribution >= 4 is 5.91 Å². The fraction of sp³-hybridized carbons (Fsp3) is 0.286. The third-order valence-corrected chi connectivity index (χ3v) is 4.43. The molecular weight excluding hydrogens is 342 g/mol. The minimum atomic E-state index is -0.590. The van der Waals surface area contributed by atoms with Gasteiger partial charge in [0.1, 0.15) is 5.75 Å². The molecule has 0 radical (unpaired) electrons. The molecule has 1 amide bonds. The summed E-state index contributed by atoms with van der Waals surface area (Å²) in [5.41, 5.74) is 2.02. The SMILES string of the molecule is CC[C@H](CNC(=O)[C@@H](C)Oc1ccc(-c2nnco2)cc1)c1ccccc1. The molecule has 27 heavy (non-hydrogen) atoms. The highest BCUT2D eigenvalue weighted by atomic mass is 16.5. The van der Waals surface area contributed by atoms with Crippen molar-refractivity contribution in [2.24, 2.45) is 0 Å². The van der Waals surface area contributed by atoms with Crippen molar-refractivity contribution in [2.75, 3.05) is 6.54 Å². The monoisotopic (exact) mass is 365 g/mol. The zero-order chi connectivity index (χ0) is 19.1. The molecule has 2 aromatic carbocycles. The lowest BCUT2D eigenvalue weighted by molar-refractivity contribution is -0.127. The van der Waals surface area contributed by atoms with Crippen LogP contribution in [0.4, 0.5) is 0 Å². The third-order valence-electron chi connectivity index (χ3n) is 4.43. The first-order valence-corrected chi connectivity index (χ1v) is 9.03. The summed E-state index contributed by atoms with van der Waals surface area (Å²) in [5, 5.41) is 10.5. The van der Waals surface area contributed by atoms with E-state index < -0.39 is 6.10 Å². The van der Waals surface area contributed by atoms with E-state index >= 15 is 0 Å². The van der Waals surface area contributed by atoms with Crippen LogP contribution in [0.3, 0.4) is 0 Å². The zero-order valence-electron chi connectivity index (χ0n) is 15.5. The van der Waals surface area contributed by atoms with E-state index in [0.29, 0.717) is 18.2 Å². The fourth-order valence-electron chi connectivity index (χ4n) is 2.82. The molecule has 6 nitrogen and oxygen atoms in total. The zero-order valence-corrected chi connectivity index (χ0v) is 15.5. The topological polar surface area (TPSA) is 77.2 Å². The van der Waals surface area contributed by atoms with Crippen molar-refractivity contribution in [2.45, 2.75) is 32.3 Å². The predicted octanol–water partition coefficient (Wildman–Crippen LogP) is 3.81. The maximum absolute atomic E-state index is 12.4. The van der Waals surface area contributed by atoms with Crippen molar-refractivity contribution in [1.82, 2.24) is 15.5 Å². The number of carbonyl (C=O) groups excluding carboxylic acids is 1. The third kappa shape index (κ3) is 4.94. The van der Waals surface area contributed by atoms with E-state index in [1.165, 1.54) is 12.0 Å². The lowest BCUT2D eigenvalue weighted by Gasteiger charge is -2.19. The van der Waals surface area contributed by atoms with Crippen molar-refractivity contribution in [1.29, 1.82) is 0 Å². The molecule has 0 saturated heterocycles. The van der Waals surface area contributed by atoms with E-state index in [1.54, 1.807) is 19.1 Å². The first-order valence-electron chi connectivity index (χ1n) is 9.03. The highest BCUT2D eigenvalue weighted by molar-refractivity contribution is 5.80. The lowest BCUT2D eigenvalue weighted by atomic mass is 9.96. The van der Waals surface area contributed by atoms with Crippen LogP contribution in [0, 0.1) is 0 Å². The smallest absolute Gasteiger partial charge is 0.260 e. The Bertz CT molecular complexity index is 833. The molecule has 0 saturated carbocycles. The number of hydrogen-bond donors (Lipinski definition) is 1. The van der Waals surface area contributed by atoms with Gasteiger partial charge in [0.05, 0.1) is 0 Å². The number of amides is 1. The van der Waals surface area contributed by atoms with Crippen LogP contribution in [0.15, 0.2) is 65.4 Å². The Morgan fingerprint density at radius 2 is 1.89 bits per heavy atom. The van der Waals surface area contributed by atoms with Crippen molar-refractivity contribution in [3.05, 3.63) is 66.6 Å². The standard InChI is InChI=1S/C21H23N3O3/c1-3-16(17-7-5-4-6-8-17)13-22-20(25)15(2)27-19-11-9-18(10-12-19)21-24-23-14-26-21/h4-12,14-16H,3,13H2,1-2H3,(H,22,25)/t15-,16-/m1/s1. The fourth-order valence-corrected chi connectivity index (χ4v) is 2.82. The van der Waals surface area contributed by atoms with Gasteiger partial charge in [-0.3, -0.25) is 4.79 Å². The number of nitrogens with one attached hydrogen (secondary N) is 1. The Morgan fingerprint density at radius 1 is 1.15 bits per heavy atom. The predicted molar refractivity (Wildman–Crippen MR) is 102 cm³/mol. The number of carbonyl (C=O) groups is 1. The van der Waals surface area contributed by atoms with Crippen LogP contribution in [-0.4, -0.2) is 28.8 Å². The quantitative estimate of drug-likeness (QED) is 0.657. The molecule has 1 N–H and O–H groups in total. The van der Waals surface area contributed by atoms with E-state index in [0.717, 1.165) is 12.0 Å². The molecule has 0 unspecified atom stereocenters. The molecule has 3 aromatic rings. The molecule has 2 atom stereocenters. The van der Waals surface area contributed by atoms with Gasteiger partial charge >= 0.3 is 0 Å². The number of aromatic nitrogens is 2. The maximum Gasteiger partial charge on any atom is 0.260 e. The van der Waals surface area contributed by atoms with E-state index in [4.69, 9.17) is 9.15 Å². The van der Waals surface area contributed by atoms with Gasteiger partial charge in [-0.05, 0) is 43.2 Å². The van der Waals surface area contributed by atoms with Gasteiger partial charge in [-0.1, -0.05) is 37.3 Å². The average molecular weight is 365 g/mol. The lowest BCUT2D eigenvalue weighted by Crippen LogP contribution is -2.38. The minimum absolute atomic E-state index is 0.134. The van der Waals surface area contributed by atoms with Crippen molar-refractivity contribution in [3.63, 3.8) is 0 Å². The van der Waals surface area contributed by atoms with Crippen LogP contribution in [0.5, 0.6) is 5.75 Å². The summed E-state index contributed by atoms with van der Waals surface area (Å²) in [6.07, 6.45) is 1.65. The summed E-state index contributed by atoms with van der Waals surface area (Å²) in [6.45, 7) is 4.45. The second kappa shape index (κ2) is 8.98. The van der Waals surface area contributed by atoms with Crippen LogP contribution in [0.2, 0.25) is 0 Å². The molecule has 0 spiro atoms. The summed E-state index contributed by atoms with van der Waals surface area (Å²) >= 11 is 0. The minimum Gasteiger partial charge on any atom is -0.481 e. The second-order valence-corrected chi connectivity index (χ2v) is 6.29. The second-order valence-electron chi connectivity index (χ2n) is 6.29. The van der Waals surface area contributed by atoms with Crippen LogP contribution >= 0.6 is 0 Å². The Balaban J connectivity index is 1.53. The Morgan fingerprint density at radius 3 is 2.52 bits per heavy atom. The summed E-state index contributed by atoms with van der Waals surface area (Å²) in [5.74, 6) is 1.20. The van der Waals surface area contributed by atoms with Gasteiger partial charge < -0.3 is 14.5 Å². The van der Waals surface area contributed by atoms with Gasteiger partial charge in [-0.2, -0.15) is 0 Å². The average Bonchev–Trinajstić information content (AvgIpc) is 3.24. The normalized spacial score (nSPS) is 13.0. The number of ether oxygens (including phenoxy) is 1. The number of nitrogens with zero attached hydrogens (tertiary/aromatic N) is 2. The summed E-state index contributed by atoms with van der Waals surface area (Å²) in [7, 11) is 0. The number of rotatable bonds is 8. The molecule has 0 fully saturated rings. The van der Waals surface area contributed by atoms with Gasteiger partial charge in [0.25, 0.3) is 5.91 Å².